The van der Waals surface area contributed by atoms with Crippen molar-refractivity contribution in [1.82, 2.24) is 0 Å². The standard InChI is InChI=1S/C52H90O7S/c1-3-5-7-9-11-13-15-17-19-21-23-25-27-29-31-33-35-37-39-41-45-58-51(53)49-44-43-48(60(55,56)57)47-50(49)52(54)59-46-42-40-38-36-34-32-30-28-26-24-22-20-18-16-14-12-10-8-6-4-2/h7-10,43-44,47H,3-6,11-42,45-46H2,1-2H3,(H,55,56,57)/b9-7+,10-8+. The summed E-state index contributed by atoms with van der Waals surface area (Å²) in [6, 6.07) is 3.32. The molecule has 0 aromatic heterocycles. The number of allylic oxidation sites excluding steroid dienone is 4. The second kappa shape index (κ2) is 40.6. The van der Waals surface area contributed by atoms with Crippen LogP contribution in [0, 0.1) is 0 Å². The normalized spacial score (nSPS) is 11.9. The molecule has 0 saturated carbocycles. The molecule has 7 nitrogen and oxygen atoms in total. The maximum Gasteiger partial charge on any atom is 0.339 e. The number of carbonyl (C=O) groups excluding carboxylic acids is 2. The molecule has 0 aliphatic carbocycles. The summed E-state index contributed by atoms with van der Waals surface area (Å²) in [5.74, 6) is -1.49. The molecule has 1 rings (SSSR count). The van der Waals surface area contributed by atoms with E-state index in [9.17, 15) is 22.6 Å². The van der Waals surface area contributed by atoms with Crippen LogP contribution in [-0.4, -0.2) is 38.1 Å². The minimum absolute atomic E-state index is 0.0559. The Morgan fingerprint density at radius 1 is 0.433 bits per heavy atom. The summed E-state index contributed by atoms with van der Waals surface area (Å²) in [6.07, 6.45) is 53.8. The molecule has 0 amide bonds. The van der Waals surface area contributed by atoms with Gasteiger partial charge in [-0.25, -0.2) is 9.59 Å². The number of rotatable bonds is 43. The van der Waals surface area contributed by atoms with Gasteiger partial charge in [0.25, 0.3) is 10.1 Å². The number of hydrogen-bond donors (Lipinski definition) is 1. The highest BCUT2D eigenvalue weighted by atomic mass is 32.2. The number of hydrogen-bond acceptors (Lipinski definition) is 6. The largest absolute Gasteiger partial charge is 0.462 e. The molecule has 0 heterocycles. The SMILES string of the molecule is CCC/C=C/CCCCCCCCCCCCCCCCCOC(=O)c1ccc(S(=O)(=O)O)cc1C(=O)OCCCCCCCCCCCCCCCCC/C=C/CCC. The number of carbonyl (C=O) groups is 2. The molecule has 0 aliphatic heterocycles. The number of ether oxygens (including phenoxy) is 2. The van der Waals surface area contributed by atoms with Crippen LogP contribution < -0.4 is 0 Å². The second-order valence-electron chi connectivity index (χ2n) is 17.2. The van der Waals surface area contributed by atoms with E-state index in [1.165, 1.54) is 192 Å². The molecule has 60 heavy (non-hydrogen) atoms. The Kier molecular flexibility index (Phi) is 37.6. The molecule has 1 N–H and O–H groups in total. The first-order chi connectivity index (χ1) is 29.3. The van der Waals surface area contributed by atoms with Gasteiger partial charge in [0.2, 0.25) is 0 Å². The Morgan fingerprint density at radius 2 is 0.717 bits per heavy atom. The molecule has 0 radical (unpaired) electrons. The van der Waals surface area contributed by atoms with Crippen LogP contribution in [0.5, 0.6) is 0 Å². The fourth-order valence-corrected chi connectivity index (χ4v) is 8.15. The zero-order valence-corrected chi connectivity index (χ0v) is 39.5. The molecule has 0 unspecified atom stereocenters. The fraction of sp³-hybridized carbons (Fsp3) is 0.769. The van der Waals surface area contributed by atoms with Crippen molar-refractivity contribution in [3.63, 3.8) is 0 Å². The van der Waals surface area contributed by atoms with Crippen molar-refractivity contribution >= 4 is 22.1 Å². The van der Waals surface area contributed by atoms with Gasteiger partial charge >= 0.3 is 11.9 Å². The Labute approximate surface area is 369 Å². The lowest BCUT2D eigenvalue weighted by atomic mass is 10.0. The fourth-order valence-electron chi connectivity index (χ4n) is 7.65. The van der Waals surface area contributed by atoms with Crippen LogP contribution in [0.25, 0.3) is 0 Å². The van der Waals surface area contributed by atoms with Crippen molar-refractivity contribution in [1.29, 1.82) is 0 Å². The maximum absolute atomic E-state index is 13.0. The van der Waals surface area contributed by atoms with Crippen molar-refractivity contribution in [3.8, 4) is 0 Å². The third-order valence-electron chi connectivity index (χ3n) is 11.5. The smallest absolute Gasteiger partial charge is 0.339 e. The van der Waals surface area contributed by atoms with Crippen molar-refractivity contribution in [2.24, 2.45) is 0 Å². The van der Waals surface area contributed by atoms with Crippen LogP contribution in [-0.2, 0) is 19.6 Å². The zero-order valence-electron chi connectivity index (χ0n) is 38.7. The first-order valence-corrected chi connectivity index (χ1v) is 26.5. The zero-order chi connectivity index (χ0) is 43.6. The van der Waals surface area contributed by atoms with E-state index in [-0.39, 0.29) is 24.3 Å². The van der Waals surface area contributed by atoms with Gasteiger partial charge in [0.15, 0.2) is 0 Å². The van der Waals surface area contributed by atoms with Crippen molar-refractivity contribution in [2.45, 2.75) is 250 Å². The lowest BCUT2D eigenvalue weighted by molar-refractivity contribution is 0.0450. The molecule has 0 bridgehead atoms. The first-order valence-electron chi connectivity index (χ1n) is 25.1. The third kappa shape index (κ3) is 33.2. The minimum Gasteiger partial charge on any atom is -0.462 e. The Balaban J connectivity index is 2.13. The van der Waals surface area contributed by atoms with Crippen LogP contribution in [0.1, 0.15) is 266 Å². The molecule has 0 saturated heterocycles. The van der Waals surface area contributed by atoms with Gasteiger partial charge in [0, 0.05) is 0 Å². The molecular formula is C52H90O7S. The molecule has 8 heteroatoms. The van der Waals surface area contributed by atoms with Gasteiger partial charge in [0.1, 0.15) is 0 Å². The topological polar surface area (TPSA) is 107 Å². The van der Waals surface area contributed by atoms with E-state index < -0.39 is 27.0 Å². The molecule has 1 aromatic rings. The van der Waals surface area contributed by atoms with Gasteiger partial charge in [0.05, 0.1) is 29.2 Å². The van der Waals surface area contributed by atoms with E-state index in [0.29, 0.717) is 6.42 Å². The summed E-state index contributed by atoms with van der Waals surface area (Å²) in [6.45, 7) is 4.85. The van der Waals surface area contributed by atoms with Gasteiger partial charge < -0.3 is 9.47 Å². The average Bonchev–Trinajstić information content (AvgIpc) is 3.24. The van der Waals surface area contributed by atoms with Gasteiger partial charge in [-0.2, -0.15) is 8.42 Å². The Hall–Kier alpha value is -2.45. The Bertz CT molecular complexity index is 1340. The molecule has 0 aliphatic rings. The predicted octanol–water partition coefficient (Wildman–Crippen LogP) is 16.4. The Morgan fingerprint density at radius 3 is 1.03 bits per heavy atom. The van der Waals surface area contributed by atoms with Crippen molar-refractivity contribution < 1.29 is 32.0 Å². The van der Waals surface area contributed by atoms with Crippen LogP contribution in [0.2, 0.25) is 0 Å². The highest BCUT2D eigenvalue weighted by Gasteiger charge is 2.23. The first kappa shape index (κ1) is 55.6. The molecule has 346 valence electrons. The molecule has 0 fully saturated rings. The monoisotopic (exact) mass is 859 g/mol. The maximum atomic E-state index is 13.0. The van der Waals surface area contributed by atoms with Gasteiger partial charge in [-0.1, -0.05) is 218 Å². The summed E-state index contributed by atoms with van der Waals surface area (Å²) in [5, 5.41) is 0. The molecular weight excluding hydrogens is 769 g/mol. The summed E-state index contributed by atoms with van der Waals surface area (Å²) in [5.41, 5.74) is -0.262. The summed E-state index contributed by atoms with van der Waals surface area (Å²) in [7, 11) is -4.57. The van der Waals surface area contributed by atoms with Crippen LogP contribution >= 0.6 is 0 Å². The summed E-state index contributed by atoms with van der Waals surface area (Å²) < 4.78 is 44.1. The molecule has 0 atom stereocenters. The quantitative estimate of drug-likeness (QED) is 0.0302. The lowest BCUT2D eigenvalue weighted by Gasteiger charge is -2.11. The number of unbranched alkanes of at least 4 members (excludes halogenated alkanes) is 32. The third-order valence-corrected chi connectivity index (χ3v) is 12.3. The van der Waals surface area contributed by atoms with Crippen molar-refractivity contribution in [2.75, 3.05) is 13.2 Å². The molecule has 1 aromatic carbocycles. The summed E-state index contributed by atoms with van der Waals surface area (Å²) in [4.78, 5) is 25.5. The van der Waals surface area contributed by atoms with E-state index >= 15 is 0 Å². The molecule has 0 spiro atoms. The highest BCUT2D eigenvalue weighted by Crippen LogP contribution is 2.20. The second-order valence-corrected chi connectivity index (χ2v) is 18.6. The number of esters is 2. The van der Waals surface area contributed by atoms with Crippen LogP contribution in [0.15, 0.2) is 47.4 Å². The average molecular weight is 859 g/mol. The minimum atomic E-state index is -4.57. The summed E-state index contributed by atoms with van der Waals surface area (Å²) >= 11 is 0. The van der Waals surface area contributed by atoms with Crippen LogP contribution in [0.4, 0.5) is 0 Å². The number of benzene rings is 1. The van der Waals surface area contributed by atoms with E-state index in [4.69, 9.17) is 9.47 Å². The van der Waals surface area contributed by atoms with E-state index in [2.05, 4.69) is 38.2 Å². The van der Waals surface area contributed by atoms with Crippen molar-refractivity contribution in [3.05, 3.63) is 53.6 Å². The van der Waals surface area contributed by atoms with Crippen LogP contribution in [0.3, 0.4) is 0 Å². The van der Waals surface area contributed by atoms with Gasteiger partial charge in [-0.15, -0.1) is 0 Å². The lowest BCUT2D eigenvalue weighted by Crippen LogP contribution is -2.16. The highest BCUT2D eigenvalue weighted by molar-refractivity contribution is 7.85. The van der Waals surface area contributed by atoms with Gasteiger partial charge in [-0.05, 0) is 69.6 Å². The van der Waals surface area contributed by atoms with E-state index in [1.54, 1.807) is 0 Å². The van der Waals surface area contributed by atoms with E-state index in [1.807, 2.05) is 0 Å². The van der Waals surface area contributed by atoms with E-state index in [0.717, 1.165) is 50.7 Å². The van der Waals surface area contributed by atoms with Gasteiger partial charge in [-0.3, -0.25) is 4.55 Å². The predicted molar refractivity (Wildman–Crippen MR) is 253 cm³/mol.